The van der Waals surface area contributed by atoms with E-state index in [1.807, 2.05) is 24.1 Å². The number of amides is 1. The van der Waals surface area contributed by atoms with E-state index in [2.05, 4.69) is 28.9 Å². The second-order valence-corrected chi connectivity index (χ2v) is 6.46. The van der Waals surface area contributed by atoms with Crippen molar-refractivity contribution >= 4 is 17.2 Å². The summed E-state index contributed by atoms with van der Waals surface area (Å²) in [6.07, 6.45) is 1.87. The van der Waals surface area contributed by atoms with Gasteiger partial charge < -0.3 is 10.2 Å². The molecule has 1 N–H and O–H groups in total. The van der Waals surface area contributed by atoms with Gasteiger partial charge in [0.05, 0.1) is 0 Å². The molecule has 2 aromatic rings. The highest BCUT2D eigenvalue weighted by molar-refractivity contribution is 7.09. The lowest BCUT2D eigenvalue weighted by atomic mass is 9.95. The van der Waals surface area contributed by atoms with Gasteiger partial charge in [-0.1, -0.05) is 18.2 Å². The van der Waals surface area contributed by atoms with Crippen molar-refractivity contribution < 1.29 is 4.79 Å². The van der Waals surface area contributed by atoms with E-state index in [1.165, 1.54) is 16.0 Å². The van der Waals surface area contributed by atoms with Crippen LogP contribution in [0, 0.1) is 0 Å². The van der Waals surface area contributed by atoms with Crippen LogP contribution in [-0.2, 0) is 19.4 Å². The molecule has 3 rings (SSSR count). The van der Waals surface area contributed by atoms with Crippen LogP contribution in [0.15, 0.2) is 35.7 Å². The van der Waals surface area contributed by atoms with E-state index in [1.54, 1.807) is 11.3 Å². The van der Waals surface area contributed by atoms with Crippen molar-refractivity contribution in [2.75, 3.05) is 20.1 Å². The first-order valence-electron chi connectivity index (χ1n) is 7.35. The largest absolute Gasteiger partial charge is 0.341 e. The second kappa shape index (κ2) is 6.41. The highest BCUT2D eigenvalue weighted by atomic mass is 32.1. The maximum Gasteiger partial charge on any atom is 0.253 e. The molecule has 110 valence electrons. The third-order valence-corrected chi connectivity index (χ3v) is 4.93. The summed E-state index contributed by atoms with van der Waals surface area (Å²) >= 11 is 1.75. The van der Waals surface area contributed by atoms with E-state index in [-0.39, 0.29) is 5.91 Å². The lowest BCUT2D eigenvalue weighted by molar-refractivity contribution is 0.0795. The maximum absolute atomic E-state index is 12.7. The Balaban J connectivity index is 1.72. The van der Waals surface area contributed by atoms with Crippen LogP contribution in [0.5, 0.6) is 0 Å². The SMILES string of the molecule is CN(CCc1cccs1)C(=O)c1cccc2c1CCNC2. The number of hydrogen-bond acceptors (Lipinski definition) is 3. The number of thiophene rings is 1. The van der Waals surface area contributed by atoms with E-state index in [0.29, 0.717) is 0 Å². The Bertz CT molecular complexity index is 622. The molecule has 0 fully saturated rings. The number of carbonyl (C=O) groups excluding carboxylic acids is 1. The van der Waals surface area contributed by atoms with Crippen molar-refractivity contribution in [2.45, 2.75) is 19.4 Å². The first kappa shape index (κ1) is 14.3. The number of carbonyl (C=O) groups is 1. The quantitative estimate of drug-likeness (QED) is 0.941. The van der Waals surface area contributed by atoms with Crippen molar-refractivity contribution in [3.63, 3.8) is 0 Å². The molecule has 3 nitrogen and oxygen atoms in total. The van der Waals surface area contributed by atoms with Gasteiger partial charge in [0.15, 0.2) is 0 Å². The molecule has 0 unspecified atom stereocenters. The number of nitrogens with one attached hydrogen (secondary N) is 1. The summed E-state index contributed by atoms with van der Waals surface area (Å²) in [5, 5.41) is 5.44. The first-order chi connectivity index (χ1) is 10.3. The molecule has 21 heavy (non-hydrogen) atoms. The highest BCUT2D eigenvalue weighted by Crippen LogP contribution is 2.20. The maximum atomic E-state index is 12.7. The van der Waals surface area contributed by atoms with Crippen molar-refractivity contribution in [2.24, 2.45) is 0 Å². The fourth-order valence-electron chi connectivity index (χ4n) is 2.77. The predicted octanol–water partition coefficient (Wildman–Crippen LogP) is 2.71. The van der Waals surface area contributed by atoms with Crippen LogP contribution in [0.2, 0.25) is 0 Å². The van der Waals surface area contributed by atoms with Gasteiger partial charge in [-0.3, -0.25) is 4.79 Å². The van der Waals surface area contributed by atoms with Crippen molar-refractivity contribution in [3.05, 3.63) is 57.3 Å². The van der Waals surface area contributed by atoms with Gasteiger partial charge in [-0.2, -0.15) is 0 Å². The molecular weight excluding hydrogens is 280 g/mol. The summed E-state index contributed by atoms with van der Waals surface area (Å²) in [6, 6.07) is 10.3. The summed E-state index contributed by atoms with van der Waals surface area (Å²) in [4.78, 5) is 15.9. The summed E-state index contributed by atoms with van der Waals surface area (Å²) in [6.45, 7) is 2.59. The van der Waals surface area contributed by atoms with E-state index >= 15 is 0 Å². The van der Waals surface area contributed by atoms with Crippen LogP contribution >= 0.6 is 11.3 Å². The molecule has 4 heteroatoms. The van der Waals surface area contributed by atoms with E-state index in [0.717, 1.165) is 38.0 Å². The van der Waals surface area contributed by atoms with E-state index in [9.17, 15) is 4.79 Å². The second-order valence-electron chi connectivity index (χ2n) is 5.43. The average molecular weight is 300 g/mol. The number of likely N-dealkylation sites (N-methyl/N-ethyl adjacent to an activating group) is 1. The standard InChI is InChI=1S/C17H20N2OS/c1-19(10-8-14-5-3-11-21-14)17(20)16-6-2-4-13-12-18-9-7-15(13)16/h2-6,11,18H,7-10,12H2,1H3. The monoisotopic (exact) mass is 300 g/mol. The molecule has 1 aromatic heterocycles. The molecule has 1 amide bonds. The Morgan fingerprint density at radius 2 is 2.24 bits per heavy atom. The first-order valence-corrected chi connectivity index (χ1v) is 8.23. The number of rotatable bonds is 4. The number of hydrogen-bond donors (Lipinski definition) is 1. The van der Waals surface area contributed by atoms with E-state index < -0.39 is 0 Å². The topological polar surface area (TPSA) is 32.3 Å². The van der Waals surface area contributed by atoms with Crippen LogP contribution in [0.3, 0.4) is 0 Å². The molecule has 1 aliphatic rings. The van der Waals surface area contributed by atoms with Crippen molar-refractivity contribution in [1.29, 1.82) is 0 Å². The van der Waals surface area contributed by atoms with E-state index in [4.69, 9.17) is 0 Å². The van der Waals surface area contributed by atoms with Crippen LogP contribution in [0.1, 0.15) is 26.4 Å². The Kier molecular flexibility index (Phi) is 4.36. The fourth-order valence-corrected chi connectivity index (χ4v) is 3.47. The van der Waals surface area contributed by atoms with Crippen LogP contribution < -0.4 is 5.32 Å². The van der Waals surface area contributed by atoms with Crippen molar-refractivity contribution in [3.8, 4) is 0 Å². The van der Waals surface area contributed by atoms with Crippen LogP contribution in [-0.4, -0.2) is 30.9 Å². The Hall–Kier alpha value is -1.65. The molecule has 0 bridgehead atoms. The van der Waals surface area contributed by atoms with Gasteiger partial charge in [-0.25, -0.2) is 0 Å². The summed E-state index contributed by atoms with van der Waals surface area (Å²) in [5.41, 5.74) is 3.37. The minimum absolute atomic E-state index is 0.144. The number of benzene rings is 1. The summed E-state index contributed by atoms with van der Waals surface area (Å²) < 4.78 is 0. The van der Waals surface area contributed by atoms with Gasteiger partial charge in [-0.15, -0.1) is 11.3 Å². The van der Waals surface area contributed by atoms with Gasteiger partial charge in [0.2, 0.25) is 0 Å². The lowest BCUT2D eigenvalue weighted by Gasteiger charge is -2.23. The summed E-state index contributed by atoms with van der Waals surface area (Å²) in [7, 11) is 1.90. The zero-order valence-electron chi connectivity index (χ0n) is 12.3. The normalized spacial score (nSPS) is 13.8. The molecule has 1 aliphatic heterocycles. The van der Waals surface area contributed by atoms with Gasteiger partial charge in [0.1, 0.15) is 0 Å². The Morgan fingerprint density at radius 1 is 1.33 bits per heavy atom. The number of nitrogens with zero attached hydrogens (tertiary/aromatic N) is 1. The Morgan fingerprint density at radius 3 is 3.05 bits per heavy atom. The minimum Gasteiger partial charge on any atom is -0.341 e. The van der Waals surface area contributed by atoms with Gasteiger partial charge in [0.25, 0.3) is 5.91 Å². The number of fused-ring (bicyclic) bond motifs is 1. The third-order valence-electron chi connectivity index (χ3n) is 3.99. The molecule has 0 atom stereocenters. The molecule has 0 radical (unpaired) electrons. The molecule has 0 saturated carbocycles. The molecule has 2 heterocycles. The van der Waals surface area contributed by atoms with Crippen LogP contribution in [0.4, 0.5) is 0 Å². The van der Waals surface area contributed by atoms with Gasteiger partial charge in [-0.05, 0) is 48.0 Å². The molecule has 0 spiro atoms. The average Bonchev–Trinajstić information content (AvgIpc) is 3.05. The summed E-state index contributed by atoms with van der Waals surface area (Å²) in [5.74, 6) is 0.144. The highest BCUT2D eigenvalue weighted by Gasteiger charge is 2.19. The molecule has 0 aliphatic carbocycles. The molecular formula is C17H20N2OS. The Labute approximate surface area is 129 Å². The zero-order valence-corrected chi connectivity index (χ0v) is 13.1. The fraction of sp³-hybridized carbons (Fsp3) is 0.353. The third kappa shape index (κ3) is 3.17. The van der Waals surface area contributed by atoms with Gasteiger partial charge in [0, 0.05) is 30.6 Å². The van der Waals surface area contributed by atoms with Crippen molar-refractivity contribution in [1.82, 2.24) is 10.2 Å². The minimum atomic E-state index is 0.144. The van der Waals surface area contributed by atoms with Gasteiger partial charge >= 0.3 is 0 Å². The smallest absolute Gasteiger partial charge is 0.253 e. The lowest BCUT2D eigenvalue weighted by Crippen LogP contribution is -2.32. The zero-order chi connectivity index (χ0) is 14.7. The molecule has 1 aromatic carbocycles. The van der Waals surface area contributed by atoms with Crippen LogP contribution in [0.25, 0.3) is 0 Å². The molecule has 0 saturated heterocycles. The predicted molar refractivity (Wildman–Crippen MR) is 86.8 cm³/mol.